The summed E-state index contributed by atoms with van der Waals surface area (Å²) in [5.41, 5.74) is 10.6. The van der Waals surface area contributed by atoms with Gasteiger partial charge in [0, 0.05) is 22.1 Å². The summed E-state index contributed by atoms with van der Waals surface area (Å²) in [6.07, 6.45) is 17.4. The largest absolute Gasteiger partial charge is 0.309 e. The average molecular weight is 670 g/mol. The first-order chi connectivity index (χ1) is 24.8. The second-order valence-electron chi connectivity index (χ2n) is 19.4. The van der Waals surface area contributed by atoms with Gasteiger partial charge >= 0.3 is 0 Å². The van der Waals surface area contributed by atoms with Crippen LogP contribution >= 0.6 is 0 Å². The molecular formula is C50H55N. The van der Waals surface area contributed by atoms with Gasteiger partial charge in [0.1, 0.15) is 0 Å². The Hall–Kier alpha value is -3.58. The molecule has 8 aliphatic rings. The molecule has 0 heterocycles. The van der Waals surface area contributed by atoms with Crippen molar-refractivity contribution in [1.29, 1.82) is 0 Å². The van der Waals surface area contributed by atoms with Crippen molar-refractivity contribution in [2.24, 2.45) is 35.5 Å². The third-order valence-electron chi connectivity index (χ3n) is 15.6. The minimum absolute atomic E-state index is 0.366. The average Bonchev–Trinajstić information content (AvgIpc) is 3.11. The number of rotatable bonds is 6. The molecule has 8 fully saturated rings. The zero-order valence-corrected chi connectivity index (χ0v) is 31.1. The van der Waals surface area contributed by atoms with E-state index in [1.165, 1.54) is 127 Å². The van der Waals surface area contributed by atoms with Crippen molar-refractivity contribution in [2.45, 2.75) is 115 Å². The molecule has 0 aromatic heterocycles. The third kappa shape index (κ3) is 4.92. The highest BCUT2D eigenvalue weighted by atomic mass is 15.1. The van der Waals surface area contributed by atoms with Crippen molar-refractivity contribution < 1.29 is 0 Å². The minimum Gasteiger partial charge on any atom is -0.309 e. The van der Waals surface area contributed by atoms with E-state index < -0.39 is 0 Å². The normalized spacial score (nSPS) is 33.2. The topological polar surface area (TPSA) is 3.24 Å². The zero-order chi connectivity index (χ0) is 34.1. The van der Waals surface area contributed by atoms with E-state index in [0.29, 0.717) is 16.7 Å². The lowest BCUT2D eigenvalue weighted by atomic mass is 9.48. The number of anilines is 3. The predicted octanol–water partition coefficient (Wildman–Crippen LogP) is 13.8. The fourth-order valence-electron chi connectivity index (χ4n) is 14.0. The molecule has 0 saturated heterocycles. The summed E-state index contributed by atoms with van der Waals surface area (Å²) in [7, 11) is 0. The smallest absolute Gasteiger partial charge is 0.0618 e. The molecule has 0 radical (unpaired) electrons. The molecule has 8 saturated carbocycles. The van der Waals surface area contributed by atoms with E-state index in [-0.39, 0.29) is 0 Å². The van der Waals surface area contributed by atoms with Gasteiger partial charge in [-0.1, -0.05) is 74.0 Å². The SMILES string of the molecule is Cc1ccc(N(c2ccc(C(C)C)cc2)c2c3ccc(C45CC6CC(CC(C6)C4)C5)cc3cc3ccc(C45CC6CC(CC(C6)C4)C5)cc23)cc1. The standard InChI is InChI=1S/C50H55N/c1-31(2)39-7-13-45(14-8-39)51(44-11-4-32(3)5-12-44)48-46-15-10-42(49-25-33-16-34(26-49)18-35(17-33)27-49)23-41(46)22-40-6-9-43(24-47(40)48)50-28-36-19-37(29-50)21-38(20-36)30-50/h4-15,22-24,31,33-38H,16-21,25-30H2,1-3H3. The van der Waals surface area contributed by atoms with Crippen molar-refractivity contribution in [2.75, 3.05) is 4.90 Å². The summed E-state index contributed by atoms with van der Waals surface area (Å²) in [6, 6.07) is 36.9. The Kier molecular flexibility index (Phi) is 6.81. The second-order valence-corrected chi connectivity index (χ2v) is 19.4. The molecule has 0 unspecified atom stereocenters. The van der Waals surface area contributed by atoms with Crippen LogP contribution in [-0.2, 0) is 10.8 Å². The lowest BCUT2D eigenvalue weighted by molar-refractivity contribution is -0.00525. The highest BCUT2D eigenvalue weighted by Crippen LogP contribution is 2.63. The molecule has 1 nitrogen and oxygen atoms in total. The highest BCUT2D eigenvalue weighted by molar-refractivity contribution is 6.14. The van der Waals surface area contributed by atoms with Crippen LogP contribution in [0.1, 0.15) is 119 Å². The maximum atomic E-state index is 2.69. The number of fused-ring (bicyclic) bond motifs is 2. The van der Waals surface area contributed by atoms with Crippen LogP contribution in [0, 0.1) is 42.4 Å². The van der Waals surface area contributed by atoms with E-state index in [1.807, 2.05) is 0 Å². The predicted molar refractivity (Wildman–Crippen MR) is 215 cm³/mol. The highest BCUT2D eigenvalue weighted by Gasteiger charge is 2.53. The summed E-state index contributed by atoms with van der Waals surface area (Å²) in [4.78, 5) is 2.61. The molecule has 0 N–H and O–H groups in total. The fraction of sp³-hybridized carbons (Fsp3) is 0.480. The summed E-state index contributed by atoms with van der Waals surface area (Å²) in [5, 5.41) is 5.63. The molecule has 5 aromatic rings. The first-order valence-electron chi connectivity index (χ1n) is 20.8. The molecule has 0 amide bonds. The summed E-state index contributed by atoms with van der Waals surface area (Å²) >= 11 is 0. The first kappa shape index (κ1) is 31.0. The molecule has 51 heavy (non-hydrogen) atoms. The van der Waals surface area contributed by atoms with Crippen LogP contribution in [0.3, 0.4) is 0 Å². The number of benzene rings is 5. The first-order valence-corrected chi connectivity index (χ1v) is 20.8. The Balaban J connectivity index is 1.14. The van der Waals surface area contributed by atoms with Crippen LogP contribution in [0.4, 0.5) is 17.1 Å². The summed E-state index contributed by atoms with van der Waals surface area (Å²) in [6.45, 7) is 6.82. The molecule has 8 bridgehead atoms. The van der Waals surface area contributed by atoms with Crippen LogP contribution < -0.4 is 4.90 Å². The molecular weight excluding hydrogens is 615 g/mol. The summed E-state index contributed by atoms with van der Waals surface area (Å²) in [5.74, 6) is 6.18. The molecule has 260 valence electrons. The van der Waals surface area contributed by atoms with E-state index >= 15 is 0 Å². The lowest BCUT2D eigenvalue weighted by Crippen LogP contribution is -2.48. The van der Waals surface area contributed by atoms with Crippen LogP contribution in [0.2, 0.25) is 0 Å². The van der Waals surface area contributed by atoms with E-state index in [0.717, 1.165) is 35.5 Å². The van der Waals surface area contributed by atoms with Gasteiger partial charge in [0.2, 0.25) is 0 Å². The molecule has 13 rings (SSSR count). The monoisotopic (exact) mass is 669 g/mol. The molecule has 1 heteroatoms. The third-order valence-corrected chi connectivity index (χ3v) is 15.6. The van der Waals surface area contributed by atoms with E-state index in [9.17, 15) is 0 Å². The zero-order valence-electron chi connectivity index (χ0n) is 31.1. The van der Waals surface area contributed by atoms with Crippen molar-refractivity contribution in [3.05, 3.63) is 113 Å². The Morgan fingerprint density at radius 1 is 0.490 bits per heavy atom. The van der Waals surface area contributed by atoms with Crippen molar-refractivity contribution in [3.8, 4) is 0 Å². The number of nitrogens with zero attached hydrogens (tertiary/aromatic N) is 1. The Morgan fingerprint density at radius 3 is 1.47 bits per heavy atom. The van der Waals surface area contributed by atoms with Gasteiger partial charge in [-0.2, -0.15) is 0 Å². The van der Waals surface area contributed by atoms with Crippen molar-refractivity contribution in [1.82, 2.24) is 0 Å². The second kappa shape index (κ2) is 11.2. The Labute approximate surface area is 305 Å². The van der Waals surface area contributed by atoms with Crippen molar-refractivity contribution >= 4 is 38.6 Å². The molecule has 0 atom stereocenters. The van der Waals surface area contributed by atoms with Crippen LogP contribution in [0.25, 0.3) is 21.5 Å². The quantitative estimate of drug-likeness (QED) is 0.163. The molecule has 0 spiro atoms. The van der Waals surface area contributed by atoms with Gasteiger partial charge in [0.25, 0.3) is 0 Å². The van der Waals surface area contributed by atoms with Gasteiger partial charge < -0.3 is 4.90 Å². The van der Waals surface area contributed by atoms with Gasteiger partial charge in [-0.15, -0.1) is 0 Å². The van der Waals surface area contributed by atoms with E-state index in [4.69, 9.17) is 0 Å². The van der Waals surface area contributed by atoms with E-state index in [1.54, 1.807) is 11.1 Å². The maximum Gasteiger partial charge on any atom is 0.0618 e. The van der Waals surface area contributed by atoms with Crippen LogP contribution in [-0.4, -0.2) is 0 Å². The summed E-state index contributed by atoms with van der Waals surface area (Å²) < 4.78 is 0. The van der Waals surface area contributed by atoms with Gasteiger partial charge in [0.05, 0.1) is 5.69 Å². The van der Waals surface area contributed by atoms with Gasteiger partial charge in [-0.05, 0) is 200 Å². The molecule has 5 aromatic carbocycles. The van der Waals surface area contributed by atoms with Gasteiger partial charge in [-0.25, -0.2) is 0 Å². The van der Waals surface area contributed by atoms with Gasteiger partial charge in [-0.3, -0.25) is 0 Å². The van der Waals surface area contributed by atoms with Crippen molar-refractivity contribution in [3.63, 3.8) is 0 Å². The Morgan fingerprint density at radius 2 is 0.961 bits per heavy atom. The van der Waals surface area contributed by atoms with Crippen LogP contribution in [0.5, 0.6) is 0 Å². The van der Waals surface area contributed by atoms with E-state index in [2.05, 4.69) is 117 Å². The molecule has 0 aliphatic heterocycles. The number of hydrogen-bond donors (Lipinski definition) is 0. The molecule has 8 aliphatic carbocycles. The maximum absolute atomic E-state index is 2.69. The fourth-order valence-corrected chi connectivity index (χ4v) is 14.0. The Bertz CT molecular complexity index is 2080. The van der Waals surface area contributed by atoms with Crippen LogP contribution in [0.15, 0.2) is 91.0 Å². The lowest BCUT2D eigenvalue weighted by Gasteiger charge is -2.57. The number of hydrogen-bond acceptors (Lipinski definition) is 1. The minimum atomic E-state index is 0.366. The number of aryl methyl sites for hydroxylation is 1. The van der Waals surface area contributed by atoms with Gasteiger partial charge in [0.15, 0.2) is 0 Å².